The normalized spacial score (nSPS) is 12.1. The molecule has 2 heteroatoms. The molecule has 0 bridgehead atoms. The van der Waals surface area contributed by atoms with Crippen LogP contribution in [0.15, 0.2) is 18.2 Å². The summed E-state index contributed by atoms with van der Waals surface area (Å²) in [6.45, 7) is 2.01. The SMILES string of the molecule is C#CCC(NC)c1cccc(Cl)c1C. The second kappa shape index (κ2) is 5.05. The number of rotatable bonds is 3. The molecule has 0 saturated carbocycles. The lowest BCUT2D eigenvalue weighted by Crippen LogP contribution is -2.16. The number of benzene rings is 1. The van der Waals surface area contributed by atoms with Crippen LogP contribution in [0.2, 0.25) is 5.02 Å². The molecular weight excluding hydrogens is 194 g/mol. The second-order valence-electron chi connectivity index (χ2n) is 3.20. The van der Waals surface area contributed by atoms with Crippen LogP contribution in [0.3, 0.4) is 0 Å². The molecule has 1 aromatic carbocycles. The van der Waals surface area contributed by atoms with Gasteiger partial charge in [0.25, 0.3) is 0 Å². The number of halogens is 1. The molecular formula is C12H14ClN. The highest BCUT2D eigenvalue weighted by molar-refractivity contribution is 6.31. The van der Waals surface area contributed by atoms with Crippen molar-refractivity contribution in [1.29, 1.82) is 0 Å². The van der Waals surface area contributed by atoms with E-state index in [0.717, 1.165) is 10.6 Å². The third kappa shape index (κ3) is 2.29. The Morgan fingerprint density at radius 3 is 2.86 bits per heavy atom. The van der Waals surface area contributed by atoms with Crippen LogP contribution >= 0.6 is 11.6 Å². The third-order valence-corrected chi connectivity index (χ3v) is 2.76. The number of nitrogens with one attached hydrogen (secondary N) is 1. The van der Waals surface area contributed by atoms with E-state index in [0.29, 0.717) is 6.42 Å². The van der Waals surface area contributed by atoms with Gasteiger partial charge in [0.15, 0.2) is 0 Å². The van der Waals surface area contributed by atoms with E-state index in [4.69, 9.17) is 18.0 Å². The summed E-state index contributed by atoms with van der Waals surface area (Å²) in [7, 11) is 1.91. The fraction of sp³-hybridized carbons (Fsp3) is 0.333. The summed E-state index contributed by atoms with van der Waals surface area (Å²) in [6.07, 6.45) is 5.99. The van der Waals surface area contributed by atoms with Crippen molar-refractivity contribution in [2.24, 2.45) is 0 Å². The predicted molar refractivity (Wildman–Crippen MR) is 61.4 cm³/mol. The van der Waals surface area contributed by atoms with Crippen molar-refractivity contribution in [2.75, 3.05) is 7.05 Å². The van der Waals surface area contributed by atoms with Gasteiger partial charge in [0.05, 0.1) is 0 Å². The summed E-state index contributed by atoms with van der Waals surface area (Å²) < 4.78 is 0. The monoisotopic (exact) mass is 207 g/mol. The Bertz CT molecular complexity index is 352. The minimum atomic E-state index is 0.193. The molecule has 1 rings (SSSR count). The Labute approximate surface area is 90.5 Å². The quantitative estimate of drug-likeness (QED) is 0.752. The zero-order chi connectivity index (χ0) is 10.6. The molecule has 0 spiro atoms. The van der Waals surface area contributed by atoms with E-state index in [1.807, 2.05) is 26.1 Å². The highest BCUT2D eigenvalue weighted by atomic mass is 35.5. The Hall–Kier alpha value is -0.970. The first-order chi connectivity index (χ1) is 6.70. The van der Waals surface area contributed by atoms with E-state index in [1.54, 1.807) is 0 Å². The Balaban J connectivity index is 3.05. The lowest BCUT2D eigenvalue weighted by molar-refractivity contribution is 0.608. The maximum atomic E-state index is 6.04. The molecule has 0 aliphatic carbocycles. The first-order valence-corrected chi connectivity index (χ1v) is 4.94. The van der Waals surface area contributed by atoms with Crippen LogP contribution in [0, 0.1) is 19.3 Å². The number of hydrogen-bond donors (Lipinski definition) is 1. The van der Waals surface area contributed by atoms with Gasteiger partial charge in [0.2, 0.25) is 0 Å². The largest absolute Gasteiger partial charge is 0.312 e. The molecule has 0 radical (unpaired) electrons. The number of terminal acetylenes is 1. The first-order valence-electron chi connectivity index (χ1n) is 4.56. The van der Waals surface area contributed by atoms with Crippen molar-refractivity contribution in [1.82, 2.24) is 5.32 Å². The molecule has 14 heavy (non-hydrogen) atoms. The second-order valence-corrected chi connectivity index (χ2v) is 3.61. The van der Waals surface area contributed by atoms with Crippen molar-refractivity contribution in [2.45, 2.75) is 19.4 Å². The average molecular weight is 208 g/mol. The average Bonchev–Trinajstić information content (AvgIpc) is 2.19. The highest BCUT2D eigenvalue weighted by Gasteiger charge is 2.11. The van der Waals surface area contributed by atoms with Gasteiger partial charge in [-0.15, -0.1) is 12.3 Å². The molecule has 1 aromatic rings. The van der Waals surface area contributed by atoms with Gasteiger partial charge >= 0.3 is 0 Å². The van der Waals surface area contributed by atoms with Crippen LogP contribution in [-0.2, 0) is 0 Å². The molecule has 0 amide bonds. The summed E-state index contributed by atoms with van der Waals surface area (Å²) in [5.74, 6) is 2.66. The molecule has 74 valence electrons. The molecule has 1 nitrogen and oxygen atoms in total. The summed E-state index contributed by atoms with van der Waals surface area (Å²) >= 11 is 6.04. The van der Waals surface area contributed by atoms with Gasteiger partial charge < -0.3 is 5.32 Å². The van der Waals surface area contributed by atoms with Crippen molar-refractivity contribution >= 4 is 11.6 Å². The van der Waals surface area contributed by atoms with E-state index in [1.165, 1.54) is 5.56 Å². The van der Waals surface area contributed by atoms with E-state index >= 15 is 0 Å². The lowest BCUT2D eigenvalue weighted by Gasteiger charge is -2.16. The zero-order valence-corrected chi connectivity index (χ0v) is 9.23. The highest BCUT2D eigenvalue weighted by Crippen LogP contribution is 2.25. The van der Waals surface area contributed by atoms with Crippen molar-refractivity contribution in [3.63, 3.8) is 0 Å². The molecule has 0 saturated heterocycles. The van der Waals surface area contributed by atoms with Gasteiger partial charge in [-0.05, 0) is 31.2 Å². The van der Waals surface area contributed by atoms with Crippen molar-refractivity contribution in [3.05, 3.63) is 34.3 Å². The van der Waals surface area contributed by atoms with Gasteiger partial charge in [-0.1, -0.05) is 23.7 Å². The van der Waals surface area contributed by atoms with Crippen LogP contribution in [-0.4, -0.2) is 7.05 Å². The Morgan fingerprint density at radius 1 is 1.57 bits per heavy atom. The molecule has 0 fully saturated rings. The van der Waals surface area contributed by atoms with Crippen LogP contribution in [0.5, 0.6) is 0 Å². The van der Waals surface area contributed by atoms with Crippen LogP contribution in [0.4, 0.5) is 0 Å². The molecule has 0 aliphatic rings. The fourth-order valence-electron chi connectivity index (χ4n) is 1.49. The summed E-state index contributed by atoms with van der Waals surface area (Å²) in [5, 5.41) is 3.98. The van der Waals surface area contributed by atoms with E-state index in [2.05, 4.69) is 17.3 Å². The molecule has 0 aliphatic heterocycles. The van der Waals surface area contributed by atoms with E-state index in [9.17, 15) is 0 Å². The van der Waals surface area contributed by atoms with Crippen molar-refractivity contribution in [3.8, 4) is 12.3 Å². The molecule has 1 N–H and O–H groups in total. The maximum Gasteiger partial charge on any atom is 0.0438 e. The summed E-state index contributed by atoms with van der Waals surface area (Å²) in [5.41, 5.74) is 2.28. The van der Waals surface area contributed by atoms with Gasteiger partial charge in [-0.25, -0.2) is 0 Å². The molecule has 0 heterocycles. The summed E-state index contributed by atoms with van der Waals surface area (Å²) in [6, 6.07) is 6.09. The minimum Gasteiger partial charge on any atom is -0.312 e. The lowest BCUT2D eigenvalue weighted by atomic mass is 9.99. The smallest absolute Gasteiger partial charge is 0.0438 e. The first kappa shape index (κ1) is 11.1. The Morgan fingerprint density at radius 2 is 2.29 bits per heavy atom. The standard InChI is InChI=1S/C12H14ClN/c1-4-6-12(14-3)10-7-5-8-11(13)9(10)2/h1,5,7-8,12,14H,6H2,2-3H3. The molecule has 1 unspecified atom stereocenters. The van der Waals surface area contributed by atoms with Gasteiger partial charge in [-0.3, -0.25) is 0 Å². The summed E-state index contributed by atoms with van der Waals surface area (Å²) in [4.78, 5) is 0. The van der Waals surface area contributed by atoms with Crippen LogP contribution in [0.25, 0.3) is 0 Å². The predicted octanol–water partition coefficient (Wildman–Crippen LogP) is 2.93. The number of hydrogen-bond acceptors (Lipinski definition) is 1. The minimum absolute atomic E-state index is 0.193. The van der Waals surface area contributed by atoms with Crippen LogP contribution in [0.1, 0.15) is 23.6 Å². The molecule has 0 aromatic heterocycles. The topological polar surface area (TPSA) is 12.0 Å². The van der Waals surface area contributed by atoms with Gasteiger partial charge in [0.1, 0.15) is 0 Å². The molecule has 1 atom stereocenters. The van der Waals surface area contributed by atoms with Crippen molar-refractivity contribution < 1.29 is 0 Å². The van der Waals surface area contributed by atoms with E-state index < -0.39 is 0 Å². The van der Waals surface area contributed by atoms with Gasteiger partial charge in [0, 0.05) is 17.5 Å². The fourth-order valence-corrected chi connectivity index (χ4v) is 1.67. The maximum absolute atomic E-state index is 6.04. The Kier molecular flexibility index (Phi) is 4.00. The zero-order valence-electron chi connectivity index (χ0n) is 8.47. The van der Waals surface area contributed by atoms with Gasteiger partial charge in [-0.2, -0.15) is 0 Å². The van der Waals surface area contributed by atoms with Crippen LogP contribution < -0.4 is 5.32 Å². The third-order valence-electron chi connectivity index (χ3n) is 2.36. The van der Waals surface area contributed by atoms with E-state index in [-0.39, 0.29) is 6.04 Å².